The van der Waals surface area contributed by atoms with E-state index in [2.05, 4.69) is 10.3 Å². The van der Waals surface area contributed by atoms with Gasteiger partial charge < -0.3 is 5.32 Å². The fraction of sp³-hybridized carbons (Fsp3) is 0.111. The van der Waals surface area contributed by atoms with Gasteiger partial charge in [0, 0.05) is 24.2 Å². The predicted molar refractivity (Wildman–Crippen MR) is 109 cm³/mol. The number of hydrogen-bond acceptors (Lipinski definition) is 5. The van der Waals surface area contributed by atoms with E-state index >= 15 is 0 Å². The van der Waals surface area contributed by atoms with Crippen LogP contribution < -0.4 is 5.32 Å². The van der Waals surface area contributed by atoms with Crippen molar-refractivity contribution in [3.05, 3.63) is 64.2 Å². The Balaban J connectivity index is 1.62. The molecular weight excluding hydrogens is 390 g/mol. The number of thioether (sulfide) groups is 1. The maximum atomic E-state index is 12.6. The fourth-order valence-corrected chi connectivity index (χ4v) is 3.77. The molecule has 26 heavy (non-hydrogen) atoms. The highest BCUT2D eigenvalue weighted by Crippen LogP contribution is 2.33. The molecule has 0 radical (unpaired) electrons. The Morgan fingerprint density at radius 1 is 1.27 bits per heavy atom. The topological polar surface area (TPSA) is 62.3 Å². The van der Waals surface area contributed by atoms with Crippen LogP contribution in [0.5, 0.6) is 0 Å². The first-order valence-corrected chi connectivity index (χ1v) is 9.35. The van der Waals surface area contributed by atoms with Gasteiger partial charge in [-0.25, -0.2) is 4.98 Å². The van der Waals surface area contributed by atoms with Crippen LogP contribution in [0.1, 0.15) is 12.0 Å². The van der Waals surface area contributed by atoms with Crippen LogP contribution >= 0.6 is 35.6 Å². The second-order valence-electron chi connectivity index (χ2n) is 5.37. The highest BCUT2D eigenvalue weighted by atomic mass is 35.5. The first kappa shape index (κ1) is 18.6. The van der Waals surface area contributed by atoms with Gasteiger partial charge >= 0.3 is 0 Å². The molecule has 0 spiro atoms. The summed E-state index contributed by atoms with van der Waals surface area (Å²) in [6.07, 6.45) is 3.44. The maximum Gasteiger partial charge on any atom is 0.266 e. The zero-order valence-corrected chi connectivity index (χ0v) is 15.9. The number of thiocarbonyl (C=S) groups is 1. The van der Waals surface area contributed by atoms with Crippen molar-refractivity contribution in [3.63, 3.8) is 0 Å². The number of anilines is 1. The molecule has 1 aromatic heterocycles. The average Bonchev–Trinajstić information content (AvgIpc) is 2.89. The van der Waals surface area contributed by atoms with Gasteiger partial charge in [0.2, 0.25) is 5.91 Å². The molecule has 1 fully saturated rings. The van der Waals surface area contributed by atoms with Crippen molar-refractivity contribution >= 4 is 63.6 Å². The first-order chi connectivity index (χ1) is 12.5. The number of carbonyl (C=O) groups is 2. The van der Waals surface area contributed by atoms with Crippen molar-refractivity contribution in [2.24, 2.45) is 0 Å². The van der Waals surface area contributed by atoms with Crippen LogP contribution in [-0.4, -0.2) is 32.6 Å². The predicted octanol–water partition coefficient (Wildman–Crippen LogP) is 3.97. The minimum atomic E-state index is -0.229. The monoisotopic (exact) mass is 403 g/mol. The molecule has 2 heterocycles. The number of nitrogens with zero attached hydrogens (tertiary/aromatic N) is 2. The van der Waals surface area contributed by atoms with E-state index in [1.54, 1.807) is 36.5 Å². The molecule has 132 valence electrons. The lowest BCUT2D eigenvalue weighted by molar-refractivity contribution is -0.122. The van der Waals surface area contributed by atoms with Crippen LogP contribution in [-0.2, 0) is 9.59 Å². The molecule has 0 unspecified atom stereocenters. The zero-order valence-electron chi connectivity index (χ0n) is 13.5. The summed E-state index contributed by atoms with van der Waals surface area (Å²) in [6.45, 7) is 0.212. The van der Waals surface area contributed by atoms with Gasteiger partial charge in [0.25, 0.3) is 5.91 Å². The maximum absolute atomic E-state index is 12.6. The Labute approximate surface area is 165 Å². The summed E-state index contributed by atoms with van der Waals surface area (Å²) in [5.41, 5.74) is 0.752. The smallest absolute Gasteiger partial charge is 0.266 e. The van der Waals surface area contributed by atoms with Crippen LogP contribution in [0.3, 0.4) is 0 Å². The van der Waals surface area contributed by atoms with E-state index in [4.69, 9.17) is 23.8 Å². The molecule has 5 nitrogen and oxygen atoms in total. The molecule has 0 aliphatic carbocycles. The number of hydrogen-bond donors (Lipinski definition) is 1. The van der Waals surface area contributed by atoms with Gasteiger partial charge in [-0.2, -0.15) is 0 Å². The van der Waals surface area contributed by atoms with E-state index in [9.17, 15) is 9.59 Å². The van der Waals surface area contributed by atoms with Gasteiger partial charge in [-0.15, -0.1) is 0 Å². The number of amides is 2. The third kappa shape index (κ3) is 4.49. The zero-order chi connectivity index (χ0) is 18.5. The molecule has 1 aliphatic rings. The highest BCUT2D eigenvalue weighted by Gasteiger charge is 2.32. The van der Waals surface area contributed by atoms with Gasteiger partial charge in [0.15, 0.2) is 0 Å². The van der Waals surface area contributed by atoms with E-state index in [1.165, 1.54) is 16.7 Å². The van der Waals surface area contributed by atoms with Gasteiger partial charge in [-0.3, -0.25) is 14.5 Å². The average molecular weight is 404 g/mol. The van der Waals surface area contributed by atoms with Gasteiger partial charge in [-0.1, -0.05) is 59.8 Å². The molecule has 3 rings (SSSR count). The lowest BCUT2D eigenvalue weighted by Gasteiger charge is -2.13. The molecule has 0 bridgehead atoms. The third-order valence-electron chi connectivity index (χ3n) is 3.56. The highest BCUT2D eigenvalue weighted by molar-refractivity contribution is 8.26. The van der Waals surface area contributed by atoms with Crippen LogP contribution in [0, 0.1) is 0 Å². The molecule has 8 heteroatoms. The first-order valence-electron chi connectivity index (χ1n) is 7.75. The normalized spacial score (nSPS) is 15.6. The summed E-state index contributed by atoms with van der Waals surface area (Å²) in [4.78, 5) is 30.5. The molecule has 2 aromatic rings. The minimum Gasteiger partial charge on any atom is -0.311 e. The molecular formula is C18H14ClN3O2S2. The molecule has 1 saturated heterocycles. The third-order valence-corrected chi connectivity index (χ3v) is 5.28. The Morgan fingerprint density at radius 2 is 2.04 bits per heavy atom. The molecule has 0 atom stereocenters. The molecule has 0 saturated carbocycles. The van der Waals surface area contributed by atoms with Crippen LogP contribution in [0.2, 0.25) is 5.02 Å². The van der Waals surface area contributed by atoms with Gasteiger partial charge in [-0.05, 0) is 29.8 Å². The van der Waals surface area contributed by atoms with Crippen molar-refractivity contribution in [3.8, 4) is 0 Å². The SMILES string of the molecule is O=C(CCN1C(=O)C(=Cc2ccccc2Cl)SC1=S)Nc1ccccn1. The lowest BCUT2D eigenvalue weighted by atomic mass is 10.2. The summed E-state index contributed by atoms with van der Waals surface area (Å²) < 4.78 is 0.430. The lowest BCUT2D eigenvalue weighted by Crippen LogP contribution is -2.31. The van der Waals surface area contributed by atoms with Crippen molar-refractivity contribution in [1.82, 2.24) is 9.88 Å². The Hall–Kier alpha value is -2.22. The van der Waals surface area contributed by atoms with Crippen LogP contribution in [0.4, 0.5) is 5.82 Å². The molecule has 2 amide bonds. The quantitative estimate of drug-likeness (QED) is 0.604. The van der Waals surface area contributed by atoms with Crippen molar-refractivity contribution in [1.29, 1.82) is 0 Å². The number of pyridine rings is 1. The molecule has 1 aromatic carbocycles. The standard InChI is InChI=1S/C18H14ClN3O2S2/c19-13-6-2-1-5-12(13)11-14-17(24)22(18(25)26-14)10-8-16(23)21-15-7-3-4-9-20-15/h1-7,9,11H,8,10H2,(H,20,21,23). The molecule has 1 aliphatic heterocycles. The van der Waals surface area contributed by atoms with E-state index in [1.807, 2.05) is 18.2 Å². The van der Waals surface area contributed by atoms with Gasteiger partial charge in [0.1, 0.15) is 10.1 Å². The van der Waals surface area contributed by atoms with Crippen molar-refractivity contribution in [2.45, 2.75) is 6.42 Å². The Kier molecular flexibility index (Phi) is 6.03. The van der Waals surface area contributed by atoms with Crippen LogP contribution in [0.25, 0.3) is 6.08 Å². The summed E-state index contributed by atoms with van der Waals surface area (Å²) in [6, 6.07) is 12.5. The Bertz CT molecular complexity index is 887. The number of halogens is 1. The summed E-state index contributed by atoms with van der Waals surface area (Å²) in [7, 11) is 0. The van der Waals surface area contributed by atoms with E-state index in [0.29, 0.717) is 20.1 Å². The minimum absolute atomic E-state index is 0.127. The largest absolute Gasteiger partial charge is 0.311 e. The van der Waals surface area contributed by atoms with E-state index in [0.717, 1.165) is 5.56 Å². The van der Waals surface area contributed by atoms with Crippen LogP contribution in [0.15, 0.2) is 53.6 Å². The van der Waals surface area contributed by atoms with Crippen molar-refractivity contribution in [2.75, 3.05) is 11.9 Å². The fourth-order valence-electron chi connectivity index (χ4n) is 2.28. The summed E-state index contributed by atoms with van der Waals surface area (Å²) >= 11 is 12.6. The second kappa shape index (κ2) is 8.44. The van der Waals surface area contributed by atoms with E-state index < -0.39 is 0 Å². The Morgan fingerprint density at radius 3 is 2.77 bits per heavy atom. The summed E-state index contributed by atoms with van der Waals surface area (Å²) in [5, 5.41) is 3.25. The summed E-state index contributed by atoms with van der Waals surface area (Å²) in [5.74, 6) is 0.0277. The van der Waals surface area contributed by atoms with Gasteiger partial charge in [0.05, 0.1) is 4.91 Å². The number of aromatic nitrogens is 1. The van der Waals surface area contributed by atoms with E-state index in [-0.39, 0.29) is 24.8 Å². The number of carbonyl (C=O) groups excluding carboxylic acids is 2. The number of benzene rings is 1. The van der Waals surface area contributed by atoms with Crippen molar-refractivity contribution < 1.29 is 9.59 Å². The number of nitrogens with one attached hydrogen (secondary N) is 1. The second-order valence-corrected chi connectivity index (χ2v) is 7.45. The molecule has 1 N–H and O–H groups in total. The number of rotatable bonds is 5.